The molecule has 34 heavy (non-hydrogen) atoms. The fraction of sp³-hybridized carbons (Fsp3) is 0.160. The highest BCUT2D eigenvalue weighted by Gasteiger charge is 2.27. The van der Waals surface area contributed by atoms with Crippen LogP contribution in [-0.2, 0) is 10.0 Å². The molecule has 0 radical (unpaired) electrons. The maximum Gasteiger partial charge on any atom is 0.270 e. The molecule has 3 aromatic carbocycles. The van der Waals surface area contributed by atoms with Crippen molar-refractivity contribution in [2.75, 3.05) is 13.1 Å². The minimum atomic E-state index is -3.68. The van der Waals surface area contributed by atoms with Gasteiger partial charge in [0.15, 0.2) is 5.78 Å². The number of hydrogen-bond acceptors (Lipinski definition) is 5. The van der Waals surface area contributed by atoms with Crippen molar-refractivity contribution in [2.24, 2.45) is 0 Å². The Labute approximate surface area is 197 Å². The number of amides is 2. The van der Waals surface area contributed by atoms with E-state index in [9.17, 15) is 22.8 Å². The molecule has 0 aromatic heterocycles. The van der Waals surface area contributed by atoms with E-state index in [1.54, 1.807) is 48.5 Å². The quantitative estimate of drug-likeness (QED) is 0.419. The average Bonchev–Trinajstić information content (AvgIpc) is 3.43. The lowest BCUT2D eigenvalue weighted by atomic mass is 9.98. The van der Waals surface area contributed by atoms with Crippen LogP contribution in [0.1, 0.15) is 49.5 Å². The minimum absolute atomic E-state index is 0.0205. The second kappa shape index (κ2) is 9.98. The highest BCUT2D eigenvalue weighted by molar-refractivity contribution is 7.89. The lowest BCUT2D eigenvalue weighted by molar-refractivity contribution is 0.0844. The predicted molar refractivity (Wildman–Crippen MR) is 126 cm³/mol. The van der Waals surface area contributed by atoms with Gasteiger partial charge in [0.2, 0.25) is 10.0 Å². The summed E-state index contributed by atoms with van der Waals surface area (Å²) in [6.45, 7) is 0.909. The number of ketones is 1. The van der Waals surface area contributed by atoms with Crippen molar-refractivity contribution in [3.63, 3.8) is 0 Å². The Morgan fingerprint density at radius 2 is 1.26 bits per heavy atom. The van der Waals surface area contributed by atoms with Crippen LogP contribution in [0.2, 0.25) is 0 Å². The lowest BCUT2D eigenvalue weighted by Gasteiger charge is -2.16. The number of carbonyl (C=O) groups excluding carboxylic acids is 3. The van der Waals surface area contributed by atoms with Gasteiger partial charge in [-0.05, 0) is 37.1 Å². The molecule has 3 aromatic rings. The fourth-order valence-electron chi connectivity index (χ4n) is 3.75. The Hall–Kier alpha value is -3.82. The summed E-state index contributed by atoms with van der Waals surface area (Å²) in [6, 6.07) is 20.5. The van der Waals surface area contributed by atoms with Gasteiger partial charge in [0.1, 0.15) is 0 Å². The zero-order chi connectivity index (χ0) is 24.1. The molecule has 2 N–H and O–H groups in total. The Kier molecular flexibility index (Phi) is 6.85. The number of nitrogens with zero attached hydrogens (tertiary/aromatic N) is 1. The van der Waals surface area contributed by atoms with Crippen molar-refractivity contribution in [3.8, 4) is 0 Å². The van der Waals surface area contributed by atoms with E-state index in [4.69, 9.17) is 0 Å². The van der Waals surface area contributed by atoms with Crippen molar-refractivity contribution in [3.05, 3.63) is 101 Å². The van der Waals surface area contributed by atoms with E-state index in [-0.39, 0.29) is 27.4 Å². The van der Waals surface area contributed by atoms with E-state index in [1.165, 1.54) is 34.6 Å². The van der Waals surface area contributed by atoms with Crippen molar-refractivity contribution in [1.29, 1.82) is 0 Å². The summed E-state index contributed by atoms with van der Waals surface area (Å²) in [5.74, 6) is -1.68. The van der Waals surface area contributed by atoms with Crippen LogP contribution in [0.5, 0.6) is 0 Å². The number of carbonyl (C=O) groups is 3. The van der Waals surface area contributed by atoms with Crippen molar-refractivity contribution in [1.82, 2.24) is 15.2 Å². The maximum atomic E-state index is 12.8. The van der Waals surface area contributed by atoms with Gasteiger partial charge in [0, 0.05) is 29.8 Å². The van der Waals surface area contributed by atoms with Crippen molar-refractivity contribution >= 4 is 27.6 Å². The van der Waals surface area contributed by atoms with Gasteiger partial charge in [0.25, 0.3) is 11.8 Å². The van der Waals surface area contributed by atoms with Gasteiger partial charge in [-0.15, -0.1) is 0 Å². The molecule has 8 nitrogen and oxygen atoms in total. The van der Waals surface area contributed by atoms with Crippen molar-refractivity contribution in [2.45, 2.75) is 17.7 Å². The molecule has 1 aliphatic heterocycles. The number of rotatable bonds is 6. The van der Waals surface area contributed by atoms with Crippen LogP contribution in [-0.4, -0.2) is 43.4 Å². The molecule has 9 heteroatoms. The van der Waals surface area contributed by atoms with Crippen molar-refractivity contribution < 1.29 is 22.8 Å². The van der Waals surface area contributed by atoms with E-state index in [0.29, 0.717) is 18.7 Å². The second-order valence-electron chi connectivity index (χ2n) is 7.79. The van der Waals surface area contributed by atoms with Gasteiger partial charge in [-0.2, -0.15) is 4.31 Å². The third-order valence-electron chi connectivity index (χ3n) is 5.54. The largest absolute Gasteiger partial charge is 0.289 e. The number of nitrogens with one attached hydrogen (secondary N) is 2. The average molecular weight is 478 g/mol. The summed E-state index contributed by atoms with van der Waals surface area (Å²) in [4.78, 5) is 38.2. The third kappa shape index (κ3) is 4.90. The topological polar surface area (TPSA) is 113 Å². The summed E-state index contributed by atoms with van der Waals surface area (Å²) in [6.07, 6.45) is 1.61. The number of hydrazine groups is 1. The van der Waals surface area contributed by atoms with Gasteiger partial charge in [-0.1, -0.05) is 54.6 Å². The van der Waals surface area contributed by atoms with E-state index in [1.807, 2.05) is 0 Å². The van der Waals surface area contributed by atoms with Crippen LogP contribution >= 0.6 is 0 Å². The molecule has 0 atom stereocenters. The Balaban J connectivity index is 1.47. The van der Waals surface area contributed by atoms with Crippen LogP contribution in [0.25, 0.3) is 0 Å². The molecule has 0 saturated carbocycles. The molecular formula is C25H23N3O5S. The highest BCUT2D eigenvalue weighted by atomic mass is 32.2. The molecule has 174 valence electrons. The molecule has 2 amide bonds. The summed E-state index contributed by atoms with van der Waals surface area (Å²) in [5, 5.41) is 0. The van der Waals surface area contributed by atoms with Crippen LogP contribution in [0.15, 0.2) is 83.8 Å². The molecule has 0 unspecified atom stereocenters. The van der Waals surface area contributed by atoms with Gasteiger partial charge in [-0.3, -0.25) is 25.2 Å². The van der Waals surface area contributed by atoms with E-state index in [2.05, 4.69) is 10.9 Å². The molecule has 0 spiro atoms. The standard InChI is InChI=1S/C25H23N3O5S/c29-23(18-9-2-1-3-10-18)21-13-4-5-14-22(21)25(31)27-26-24(30)19-11-8-12-20(17-19)34(32,33)28-15-6-7-16-28/h1-5,8-14,17H,6-7,15-16H2,(H,26,30)(H,27,31). The summed E-state index contributed by atoms with van der Waals surface area (Å²) in [5.41, 5.74) is 5.40. The number of benzene rings is 3. The third-order valence-corrected chi connectivity index (χ3v) is 7.44. The fourth-order valence-corrected chi connectivity index (χ4v) is 5.32. The SMILES string of the molecule is O=C(NNC(=O)c1ccccc1C(=O)c1ccccc1)c1cccc(S(=O)(=O)N2CCCC2)c1. The number of hydrogen-bond donors (Lipinski definition) is 2. The summed E-state index contributed by atoms with van der Waals surface area (Å²) in [7, 11) is -3.68. The molecule has 4 rings (SSSR count). The number of sulfonamides is 1. The summed E-state index contributed by atoms with van der Waals surface area (Å²) < 4.78 is 26.9. The van der Waals surface area contributed by atoms with Gasteiger partial charge < -0.3 is 0 Å². The molecular weight excluding hydrogens is 454 g/mol. The highest BCUT2D eigenvalue weighted by Crippen LogP contribution is 2.21. The molecule has 1 saturated heterocycles. The smallest absolute Gasteiger partial charge is 0.270 e. The monoisotopic (exact) mass is 477 g/mol. The maximum absolute atomic E-state index is 12.8. The second-order valence-corrected chi connectivity index (χ2v) is 9.73. The van der Waals surface area contributed by atoms with Crippen LogP contribution in [0.3, 0.4) is 0 Å². The normalized spacial score (nSPS) is 13.9. The predicted octanol–water partition coefficient (Wildman–Crippen LogP) is 2.78. The van der Waals surface area contributed by atoms with E-state index < -0.39 is 21.8 Å². The van der Waals surface area contributed by atoms with Gasteiger partial charge in [0.05, 0.1) is 10.5 Å². The first kappa shape index (κ1) is 23.3. The Morgan fingerprint density at radius 1 is 0.676 bits per heavy atom. The Morgan fingerprint density at radius 3 is 1.97 bits per heavy atom. The molecule has 1 heterocycles. The lowest BCUT2D eigenvalue weighted by Crippen LogP contribution is -2.42. The van der Waals surface area contributed by atoms with Gasteiger partial charge in [-0.25, -0.2) is 8.42 Å². The zero-order valence-electron chi connectivity index (χ0n) is 18.2. The molecule has 1 fully saturated rings. The Bertz CT molecular complexity index is 1330. The molecule has 0 aliphatic carbocycles. The summed E-state index contributed by atoms with van der Waals surface area (Å²) >= 11 is 0. The van der Waals surface area contributed by atoms with E-state index in [0.717, 1.165) is 12.8 Å². The van der Waals surface area contributed by atoms with Crippen LogP contribution < -0.4 is 10.9 Å². The van der Waals surface area contributed by atoms with Crippen LogP contribution in [0.4, 0.5) is 0 Å². The first-order chi connectivity index (χ1) is 16.4. The van der Waals surface area contributed by atoms with Gasteiger partial charge >= 0.3 is 0 Å². The zero-order valence-corrected chi connectivity index (χ0v) is 19.0. The van der Waals surface area contributed by atoms with Crippen LogP contribution in [0, 0.1) is 0 Å². The molecule has 1 aliphatic rings. The van der Waals surface area contributed by atoms with E-state index >= 15 is 0 Å². The molecule has 0 bridgehead atoms. The first-order valence-electron chi connectivity index (χ1n) is 10.8. The first-order valence-corrected chi connectivity index (χ1v) is 12.2. The minimum Gasteiger partial charge on any atom is -0.289 e.